The van der Waals surface area contributed by atoms with E-state index in [1.165, 1.54) is 24.0 Å². The highest BCUT2D eigenvalue weighted by Crippen LogP contribution is 2.24. The average Bonchev–Trinajstić information content (AvgIpc) is 3.15. The van der Waals surface area contributed by atoms with Gasteiger partial charge in [-0.25, -0.2) is 9.97 Å². The van der Waals surface area contributed by atoms with Crippen molar-refractivity contribution in [3.8, 4) is 11.1 Å². The number of aryl methyl sites for hydroxylation is 1. The Morgan fingerprint density at radius 2 is 1.82 bits per heavy atom. The van der Waals surface area contributed by atoms with Crippen molar-refractivity contribution in [2.75, 3.05) is 5.32 Å². The van der Waals surface area contributed by atoms with Crippen molar-refractivity contribution < 1.29 is 0 Å². The lowest BCUT2D eigenvalue weighted by Crippen LogP contribution is -2.04. The van der Waals surface area contributed by atoms with Crippen molar-refractivity contribution >= 4 is 5.95 Å². The third kappa shape index (κ3) is 2.28. The van der Waals surface area contributed by atoms with Crippen LogP contribution < -0.4 is 5.32 Å². The van der Waals surface area contributed by atoms with E-state index in [9.17, 15) is 0 Å². The maximum absolute atomic E-state index is 4.35. The normalized spacial score (nSPS) is 14.6. The Morgan fingerprint density at radius 3 is 2.47 bits per heavy atom. The molecule has 3 rings (SSSR count). The summed E-state index contributed by atoms with van der Waals surface area (Å²) in [6.45, 7) is 2.10. The third-order valence-corrected chi connectivity index (χ3v) is 3.02. The van der Waals surface area contributed by atoms with Crippen LogP contribution >= 0.6 is 0 Å². The summed E-state index contributed by atoms with van der Waals surface area (Å²) in [5.74, 6) is 0.741. The van der Waals surface area contributed by atoms with Gasteiger partial charge in [0.1, 0.15) is 0 Å². The summed E-state index contributed by atoms with van der Waals surface area (Å²) in [5.41, 5.74) is 3.52. The molecule has 1 aliphatic carbocycles. The molecule has 17 heavy (non-hydrogen) atoms. The highest BCUT2D eigenvalue weighted by molar-refractivity contribution is 5.65. The van der Waals surface area contributed by atoms with Gasteiger partial charge in [0.05, 0.1) is 0 Å². The van der Waals surface area contributed by atoms with Gasteiger partial charge in [-0.2, -0.15) is 0 Å². The maximum atomic E-state index is 4.35. The molecule has 0 aliphatic heterocycles. The van der Waals surface area contributed by atoms with E-state index in [0.29, 0.717) is 6.04 Å². The van der Waals surface area contributed by atoms with Crippen LogP contribution in [0.1, 0.15) is 18.4 Å². The molecule has 1 N–H and O–H groups in total. The van der Waals surface area contributed by atoms with E-state index >= 15 is 0 Å². The smallest absolute Gasteiger partial charge is 0.222 e. The molecule has 1 heterocycles. The predicted molar refractivity (Wildman–Crippen MR) is 68.8 cm³/mol. The van der Waals surface area contributed by atoms with Crippen LogP contribution in [0, 0.1) is 6.92 Å². The zero-order valence-corrected chi connectivity index (χ0v) is 9.85. The highest BCUT2D eigenvalue weighted by atomic mass is 15.1. The highest BCUT2D eigenvalue weighted by Gasteiger charge is 2.21. The molecule has 1 fully saturated rings. The van der Waals surface area contributed by atoms with E-state index in [1.54, 1.807) is 0 Å². The summed E-state index contributed by atoms with van der Waals surface area (Å²) in [7, 11) is 0. The van der Waals surface area contributed by atoms with Crippen molar-refractivity contribution in [2.45, 2.75) is 25.8 Å². The van der Waals surface area contributed by atoms with E-state index in [0.717, 1.165) is 11.5 Å². The molecule has 0 spiro atoms. The summed E-state index contributed by atoms with van der Waals surface area (Å²) in [6.07, 6.45) is 6.26. The van der Waals surface area contributed by atoms with E-state index < -0.39 is 0 Å². The van der Waals surface area contributed by atoms with Gasteiger partial charge < -0.3 is 5.32 Å². The molecular weight excluding hydrogens is 210 g/mol. The molecule has 0 unspecified atom stereocenters. The van der Waals surface area contributed by atoms with Crippen molar-refractivity contribution in [3.63, 3.8) is 0 Å². The van der Waals surface area contributed by atoms with Gasteiger partial charge in [-0.15, -0.1) is 0 Å². The first-order chi connectivity index (χ1) is 8.33. The van der Waals surface area contributed by atoms with Crippen LogP contribution in [0.2, 0.25) is 0 Å². The lowest BCUT2D eigenvalue weighted by molar-refractivity contribution is 1.05. The van der Waals surface area contributed by atoms with Crippen LogP contribution in [0.15, 0.2) is 36.7 Å². The summed E-state index contributed by atoms with van der Waals surface area (Å²) in [6, 6.07) is 8.88. The first kappa shape index (κ1) is 10.3. The lowest BCUT2D eigenvalue weighted by atomic mass is 10.0. The number of benzene rings is 1. The van der Waals surface area contributed by atoms with Crippen molar-refractivity contribution in [2.24, 2.45) is 0 Å². The second kappa shape index (κ2) is 4.17. The van der Waals surface area contributed by atoms with E-state index in [4.69, 9.17) is 0 Å². The van der Waals surface area contributed by atoms with Crippen LogP contribution in [0.3, 0.4) is 0 Å². The minimum Gasteiger partial charge on any atom is -0.351 e. The third-order valence-electron chi connectivity index (χ3n) is 3.02. The van der Waals surface area contributed by atoms with Gasteiger partial charge in [0.2, 0.25) is 5.95 Å². The number of aromatic nitrogens is 2. The fraction of sp³-hybridized carbons (Fsp3) is 0.286. The zero-order valence-electron chi connectivity index (χ0n) is 9.85. The fourth-order valence-corrected chi connectivity index (χ4v) is 1.85. The number of nitrogens with zero attached hydrogens (tertiary/aromatic N) is 2. The summed E-state index contributed by atoms with van der Waals surface area (Å²) >= 11 is 0. The molecule has 3 heteroatoms. The molecule has 86 valence electrons. The van der Waals surface area contributed by atoms with Gasteiger partial charge in [-0.1, -0.05) is 24.3 Å². The van der Waals surface area contributed by atoms with Gasteiger partial charge in [0.25, 0.3) is 0 Å². The Balaban J connectivity index is 1.86. The Hall–Kier alpha value is -1.90. The summed E-state index contributed by atoms with van der Waals surface area (Å²) in [5, 5.41) is 3.29. The fourth-order valence-electron chi connectivity index (χ4n) is 1.85. The quantitative estimate of drug-likeness (QED) is 0.872. The topological polar surface area (TPSA) is 37.8 Å². The zero-order chi connectivity index (χ0) is 11.7. The molecule has 0 bridgehead atoms. The Bertz CT molecular complexity index is 515. The van der Waals surface area contributed by atoms with Crippen LogP contribution in [-0.4, -0.2) is 16.0 Å². The van der Waals surface area contributed by atoms with Gasteiger partial charge >= 0.3 is 0 Å². The minimum atomic E-state index is 0.597. The van der Waals surface area contributed by atoms with Crippen LogP contribution in [0.25, 0.3) is 11.1 Å². The van der Waals surface area contributed by atoms with Crippen LogP contribution in [0.5, 0.6) is 0 Å². The molecule has 1 aromatic carbocycles. The molecule has 0 radical (unpaired) electrons. The van der Waals surface area contributed by atoms with Crippen LogP contribution in [-0.2, 0) is 0 Å². The van der Waals surface area contributed by atoms with Crippen molar-refractivity contribution in [1.29, 1.82) is 0 Å². The first-order valence-corrected chi connectivity index (χ1v) is 5.97. The Kier molecular flexibility index (Phi) is 2.52. The standard InChI is InChI=1S/C14H15N3/c1-10-4-2-3-5-13(10)11-8-15-14(16-9-11)17-12-6-7-12/h2-5,8-9,12H,6-7H2,1H3,(H,15,16,17). The molecule has 1 aliphatic rings. The van der Waals surface area contributed by atoms with Crippen molar-refractivity contribution in [3.05, 3.63) is 42.2 Å². The molecular formula is C14H15N3. The number of hydrogen-bond donors (Lipinski definition) is 1. The van der Waals surface area contributed by atoms with Crippen molar-refractivity contribution in [1.82, 2.24) is 9.97 Å². The molecule has 0 amide bonds. The van der Waals surface area contributed by atoms with Crippen LogP contribution in [0.4, 0.5) is 5.95 Å². The summed E-state index contributed by atoms with van der Waals surface area (Å²) < 4.78 is 0. The van der Waals surface area contributed by atoms with E-state index in [2.05, 4.69) is 34.3 Å². The largest absolute Gasteiger partial charge is 0.351 e. The first-order valence-electron chi connectivity index (χ1n) is 5.97. The molecule has 2 aromatic rings. The second-order valence-corrected chi connectivity index (χ2v) is 4.53. The Morgan fingerprint density at radius 1 is 1.12 bits per heavy atom. The van der Waals surface area contributed by atoms with E-state index in [-0.39, 0.29) is 0 Å². The summed E-state index contributed by atoms with van der Waals surface area (Å²) in [4.78, 5) is 8.71. The van der Waals surface area contributed by atoms with Gasteiger partial charge in [-0.05, 0) is 30.9 Å². The second-order valence-electron chi connectivity index (χ2n) is 4.53. The maximum Gasteiger partial charge on any atom is 0.222 e. The monoisotopic (exact) mass is 225 g/mol. The molecule has 1 saturated carbocycles. The van der Waals surface area contributed by atoms with Gasteiger partial charge in [0.15, 0.2) is 0 Å². The molecule has 0 atom stereocenters. The minimum absolute atomic E-state index is 0.597. The van der Waals surface area contributed by atoms with Gasteiger partial charge in [0, 0.05) is 24.0 Å². The lowest BCUT2D eigenvalue weighted by Gasteiger charge is -2.06. The van der Waals surface area contributed by atoms with Gasteiger partial charge in [-0.3, -0.25) is 0 Å². The number of rotatable bonds is 3. The SMILES string of the molecule is Cc1ccccc1-c1cnc(NC2CC2)nc1. The van der Waals surface area contributed by atoms with E-state index in [1.807, 2.05) is 24.5 Å². The molecule has 1 aromatic heterocycles. The average molecular weight is 225 g/mol. The number of anilines is 1. The Labute approximate surface area is 101 Å². The molecule has 3 nitrogen and oxygen atoms in total. The molecule has 0 saturated heterocycles. The predicted octanol–water partition coefficient (Wildman–Crippen LogP) is 3.03. The number of nitrogens with one attached hydrogen (secondary N) is 1. The number of hydrogen-bond acceptors (Lipinski definition) is 3.